The topological polar surface area (TPSA) is 92.2 Å². The van der Waals surface area contributed by atoms with Crippen LogP contribution in [-0.4, -0.2) is 63.2 Å². The van der Waals surface area contributed by atoms with E-state index in [0.29, 0.717) is 34.5 Å². The minimum Gasteiger partial charge on any atom is -0.490 e. The fourth-order valence-corrected chi connectivity index (χ4v) is 5.62. The lowest BCUT2D eigenvalue weighted by Crippen LogP contribution is -2.51. The van der Waals surface area contributed by atoms with E-state index in [9.17, 15) is 14.7 Å². The number of ether oxygens (including phenoxy) is 2. The van der Waals surface area contributed by atoms with E-state index in [1.54, 1.807) is 24.5 Å². The van der Waals surface area contributed by atoms with Crippen LogP contribution in [0, 0.1) is 12.8 Å². The summed E-state index contributed by atoms with van der Waals surface area (Å²) in [5.74, 6) is 0.483. The van der Waals surface area contributed by atoms with Crippen molar-refractivity contribution < 1.29 is 24.2 Å². The predicted molar refractivity (Wildman–Crippen MR) is 168 cm³/mol. The third-order valence-electron chi connectivity index (χ3n) is 7.31. The minimum atomic E-state index is -1.04. The van der Waals surface area contributed by atoms with Crippen LogP contribution in [0.3, 0.4) is 0 Å². The molecule has 1 heterocycles. The molecule has 0 bridgehead atoms. The van der Waals surface area contributed by atoms with Crippen molar-refractivity contribution >= 4 is 35.2 Å². The molecule has 1 aromatic heterocycles. The highest BCUT2D eigenvalue weighted by Crippen LogP contribution is 2.34. The van der Waals surface area contributed by atoms with Crippen molar-refractivity contribution in [1.29, 1.82) is 0 Å². The van der Waals surface area contributed by atoms with Gasteiger partial charge >= 0.3 is 6.09 Å². The molecule has 1 atom stereocenters. The number of pyridine rings is 1. The van der Waals surface area contributed by atoms with Gasteiger partial charge in [-0.15, -0.1) is 0 Å². The molecule has 1 aliphatic carbocycles. The summed E-state index contributed by atoms with van der Waals surface area (Å²) < 4.78 is 11.6. The molecule has 1 unspecified atom stereocenters. The smallest absolute Gasteiger partial charge is 0.407 e. The molecule has 10 heteroatoms. The molecule has 1 saturated carbocycles. The van der Waals surface area contributed by atoms with Gasteiger partial charge in [0.25, 0.3) is 0 Å². The molecule has 0 spiro atoms. The Bertz CT molecular complexity index is 1370. The van der Waals surface area contributed by atoms with E-state index in [4.69, 9.17) is 32.7 Å². The van der Waals surface area contributed by atoms with Crippen molar-refractivity contribution in [2.24, 2.45) is 5.92 Å². The highest BCUT2D eigenvalue weighted by molar-refractivity contribution is 6.37. The first kappa shape index (κ1) is 32.4. The first-order chi connectivity index (χ1) is 20.4. The second-order valence-corrected chi connectivity index (χ2v) is 12.7. The number of halogens is 2. The third-order valence-corrected chi connectivity index (χ3v) is 7.87. The fourth-order valence-electron chi connectivity index (χ4n) is 4.92. The van der Waals surface area contributed by atoms with E-state index in [0.717, 1.165) is 29.5 Å². The Kier molecular flexibility index (Phi) is 10.8. The van der Waals surface area contributed by atoms with E-state index >= 15 is 0 Å². The molecular formula is C33H39Cl2N3O5. The van der Waals surface area contributed by atoms with Crippen molar-refractivity contribution in [2.45, 2.75) is 65.1 Å². The zero-order valence-electron chi connectivity index (χ0n) is 25.1. The van der Waals surface area contributed by atoms with Gasteiger partial charge in [-0.1, -0.05) is 35.3 Å². The third kappa shape index (κ3) is 9.25. The van der Waals surface area contributed by atoms with Gasteiger partial charge in [0, 0.05) is 37.1 Å². The van der Waals surface area contributed by atoms with Gasteiger partial charge < -0.3 is 24.4 Å². The molecule has 2 aromatic carbocycles. The highest BCUT2D eigenvalue weighted by Gasteiger charge is 2.38. The van der Waals surface area contributed by atoms with Crippen LogP contribution in [0.15, 0.2) is 60.9 Å². The molecule has 1 aliphatic rings. The lowest BCUT2D eigenvalue weighted by molar-refractivity contribution is -0.137. The minimum absolute atomic E-state index is 0.0410. The molecule has 8 nitrogen and oxygen atoms in total. The molecule has 2 amide bonds. The van der Waals surface area contributed by atoms with E-state index < -0.39 is 17.6 Å². The SMILES string of the molecule is Cc1cc(Cl)c(OCCOc2ccc(CC(CN(C(=O)O)C(C)(C)C)C(=O)N(Cc3ccncc3)C3CC3)cc2)c(Cl)c1. The second kappa shape index (κ2) is 14.3. The summed E-state index contributed by atoms with van der Waals surface area (Å²) in [4.78, 5) is 33.7. The van der Waals surface area contributed by atoms with Crippen LogP contribution in [0.1, 0.15) is 50.3 Å². The molecule has 0 aliphatic heterocycles. The average Bonchev–Trinajstić information content (AvgIpc) is 3.78. The number of rotatable bonds is 13. The lowest BCUT2D eigenvalue weighted by Gasteiger charge is -2.37. The Hall–Kier alpha value is -3.49. The van der Waals surface area contributed by atoms with Crippen LogP contribution in [0.5, 0.6) is 11.5 Å². The Morgan fingerprint density at radius 1 is 0.977 bits per heavy atom. The van der Waals surface area contributed by atoms with Crippen LogP contribution in [-0.2, 0) is 17.8 Å². The number of aryl methyl sites for hydroxylation is 1. The van der Waals surface area contributed by atoms with Crippen LogP contribution < -0.4 is 9.47 Å². The number of aromatic nitrogens is 1. The molecule has 1 N–H and O–H groups in total. The number of carbonyl (C=O) groups is 2. The van der Waals surface area contributed by atoms with Crippen molar-refractivity contribution in [2.75, 3.05) is 19.8 Å². The maximum Gasteiger partial charge on any atom is 0.407 e. The van der Waals surface area contributed by atoms with E-state index in [2.05, 4.69) is 4.98 Å². The zero-order valence-corrected chi connectivity index (χ0v) is 26.6. The summed E-state index contributed by atoms with van der Waals surface area (Å²) in [7, 11) is 0. The number of hydrogen-bond acceptors (Lipinski definition) is 5. The number of nitrogens with zero attached hydrogens (tertiary/aromatic N) is 3. The standard InChI is InChI=1S/C33H39Cl2N3O5/c1-22-17-28(34)30(29(35)18-22)43-16-15-42-27-9-5-23(6-10-27)19-25(21-38(32(40)41)33(2,3)4)31(39)37(26-7-8-26)20-24-11-13-36-14-12-24/h5-6,9-14,17-18,25-26H,7-8,15-16,19-21H2,1-4H3,(H,40,41). The van der Waals surface area contributed by atoms with Crippen molar-refractivity contribution in [1.82, 2.24) is 14.8 Å². The number of hydrogen-bond donors (Lipinski definition) is 1. The second-order valence-electron chi connectivity index (χ2n) is 11.9. The predicted octanol–water partition coefficient (Wildman–Crippen LogP) is 7.28. The van der Waals surface area contributed by atoms with Gasteiger partial charge in [0.1, 0.15) is 19.0 Å². The molecular weight excluding hydrogens is 589 g/mol. The highest BCUT2D eigenvalue weighted by atomic mass is 35.5. The van der Waals surface area contributed by atoms with E-state index in [-0.39, 0.29) is 31.7 Å². The first-order valence-corrected chi connectivity index (χ1v) is 15.2. The lowest BCUT2D eigenvalue weighted by atomic mass is 9.94. The van der Waals surface area contributed by atoms with Gasteiger partial charge in [-0.05, 0) is 100 Å². The molecule has 1 fully saturated rings. The van der Waals surface area contributed by atoms with Gasteiger partial charge in [-0.2, -0.15) is 0 Å². The summed E-state index contributed by atoms with van der Waals surface area (Å²) in [5, 5.41) is 10.9. The van der Waals surface area contributed by atoms with Gasteiger partial charge in [0.05, 0.1) is 16.0 Å². The molecule has 3 aromatic rings. The number of benzene rings is 2. The Labute approximate surface area is 263 Å². The Morgan fingerprint density at radius 3 is 2.14 bits per heavy atom. The first-order valence-electron chi connectivity index (χ1n) is 14.4. The molecule has 0 saturated heterocycles. The maximum atomic E-state index is 14.1. The zero-order chi connectivity index (χ0) is 31.1. The number of carbonyl (C=O) groups excluding carboxylic acids is 1. The van der Waals surface area contributed by atoms with E-state index in [1.165, 1.54) is 4.90 Å². The maximum absolute atomic E-state index is 14.1. The van der Waals surface area contributed by atoms with Crippen molar-refractivity contribution in [3.8, 4) is 11.5 Å². The van der Waals surface area contributed by atoms with Crippen molar-refractivity contribution in [3.63, 3.8) is 0 Å². The summed E-state index contributed by atoms with van der Waals surface area (Å²) >= 11 is 12.5. The Morgan fingerprint density at radius 2 is 1.58 bits per heavy atom. The summed E-state index contributed by atoms with van der Waals surface area (Å²) in [6.07, 6.45) is 4.68. The summed E-state index contributed by atoms with van der Waals surface area (Å²) in [6, 6.07) is 15.1. The van der Waals surface area contributed by atoms with Gasteiger partial charge in [0.15, 0.2) is 5.75 Å². The molecule has 0 radical (unpaired) electrons. The average molecular weight is 629 g/mol. The molecule has 4 rings (SSSR count). The normalized spacial score (nSPS) is 13.7. The van der Waals surface area contributed by atoms with Crippen LogP contribution in [0.4, 0.5) is 4.79 Å². The van der Waals surface area contributed by atoms with E-state index in [1.807, 2.05) is 69.0 Å². The van der Waals surface area contributed by atoms with Gasteiger partial charge in [0.2, 0.25) is 5.91 Å². The van der Waals surface area contributed by atoms with Crippen LogP contribution in [0.25, 0.3) is 0 Å². The monoisotopic (exact) mass is 627 g/mol. The Balaban J connectivity index is 1.44. The van der Waals surface area contributed by atoms with Crippen molar-refractivity contribution in [3.05, 3.63) is 87.7 Å². The number of amides is 2. The van der Waals surface area contributed by atoms with Gasteiger partial charge in [-0.3, -0.25) is 9.78 Å². The largest absolute Gasteiger partial charge is 0.490 e. The van der Waals surface area contributed by atoms with Crippen LogP contribution in [0.2, 0.25) is 10.0 Å². The quantitative estimate of drug-likeness (QED) is 0.200. The van der Waals surface area contributed by atoms with Crippen LogP contribution >= 0.6 is 23.2 Å². The summed E-state index contributed by atoms with van der Waals surface area (Å²) in [5.41, 5.74) is 2.20. The summed E-state index contributed by atoms with van der Waals surface area (Å²) in [6.45, 7) is 8.54. The van der Waals surface area contributed by atoms with Gasteiger partial charge in [-0.25, -0.2) is 4.79 Å². The molecule has 230 valence electrons. The number of carboxylic acid groups (broad SMARTS) is 1. The molecule has 43 heavy (non-hydrogen) atoms. The fraction of sp³-hybridized carbons (Fsp3) is 0.424.